The molecule has 0 N–H and O–H groups in total. The molecule has 0 atom stereocenters. The zero-order chi connectivity index (χ0) is 21.9. The van der Waals surface area contributed by atoms with Crippen LogP contribution in [0.2, 0.25) is 35.9 Å². The minimum absolute atomic E-state index is 0.908. The molecule has 3 saturated carbocycles. The highest BCUT2D eigenvalue weighted by Crippen LogP contribution is 2.40. The summed E-state index contributed by atoms with van der Waals surface area (Å²) in [4.78, 5) is 0. The van der Waals surface area contributed by atoms with E-state index in [4.69, 9.17) is 0 Å². The molecule has 3 aliphatic rings. The molecule has 0 radical (unpaired) electrons. The van der Waals surface area contributed by atoms with Crippen LogP contribution in [0, 0.1) is 11.8 Å². The van der Waals surface area contributed by atoms with Crippen molar-refractivity contribution in [2.45, 2.75) is 165 Å². The van der Waals surface area contributed by atoms with Crippen molar-refractivity contribution >= 4 is 21.8 Å². The molecular formula is C28H55B3. The van der Waals surface area contributed by atoms with Gasteiger partial charge in [0.2, 0.25) is 0 Å². The smallest absolute Gasteiger partial charge is 0.0891 e. The third-order valence-corrected chi connectivity index (χ3v) is 10.1. The number of rotatable bonds is 6. The van der Waals surface area contributed by atoms with Gasteiger partial charge in [0, 0.05) is 0 Å². The van der Waals surface area contributed by atoms with Crippen LogP contribution in [0.15, 0.2) is 0 Å². The molecule has 0 nitrogen and oxygen atoms in total. The summed E-state index contributed by atoms with van der Waals surface area (Å²) < 4.78 is 0. The lowest BCUT2D eigenvalue weighted by Gasteiger charge is -2.31. The highest BCUT2D eigenvalue weighted by molar-refractivity contribution is 6.40. The molecule has 176 valence electrons. The van der Waals surface area contributed by atoms with Gasteiger partial charge >= 0.3 is 0 Å². The molecule has 0 aromatic heterocycles. The van der Waals surface area contributed by atoms with Gasteiger partial charge in [0.25, 0.3) is 0 Å². The lowest BCUT2D eigenvalue weighted by atomic mass is 9.46. The van der Waals surface area contributed by atoms with Gasteiger partial charge in [0.05, 0.1) is 0 Å². The van der Waals surface area contributed by atoms with Gasteiger partial charge in [-0.05, 0) is 11.8 Å². The van der Waals surface area contributed by atoms with E-state index < -0.39 is 0 Å². The second-order valence-corrected chi connectivity index (χ2v) is 12.8. The molecule has 0 unspecified atom stereocenters. The van der Waals surface area contributed by atoms with E-state index in [9.17, 15) is 0 Å². The van der Waals surface area contributed by atoms with Crippen molar-refractivity contribution in [3.63, 3.8) is 0 Å². The van der Waals surface area contributed by atoms with Gasteiger partial charge in [0.1, 0.15) is 21.8 Å². The Kier molecular flexibility index (Phi) is 12.0. The van der Waals surface area contributed by atoms with Crippen molar-refractivity contribution in [3.8, 4) is 0 Å². The average molecular weight is 424 g/mol. The fraction of sp³-hybridized carbons (Fsp3) is 1.00. The highest BCUT2D eigenvalue weighted by Gasteiger charge is 2.26. The van der Waals surface area contributed by atoms with Crippen LogP contribution in [0.3, 0.4) is 0 Å². The van der Waals surface area contributed by atoms with E-state index in [1.54, 1.807) is 78.8 Å². The molecule has 3 fully saturated rings. The second kappa shape index (κ2) is 14.5. The van der Waals surface area contributed by atoms with E-state index in [1.807, 2.05) is 0 Å². The summed E-state index contributed by atoms with van der Waals surface area (Å²) in [6.07, 6.45) is 27.7. The monoisotopic (exact) mass is 424 g/mol. The largest absolute Gasteiger partial charge is 0.127 e. The van der Waals surface area contributed by atoms with E-state index in [1.165, 1.54) is 58.6 Å². The van der Waals surface area contributed by atoms with Crippen LogP contribution in [0.25, 0.3) is 0 Å². The molecule has 0 amide bonds. The third kappa shape index (κ3) is 9.53. The standard InChI is InChI=1S/C28H55B3/c1-22(2)23-10-4-14-25(15-5-11-23)30-27-18-8-20-28(21-9-19-27)31-26-16-6-12-24(29-3)13-7-17-26/h22-31H,4-21H2,1-3H3. The van der Waals surface area contributed by atoms with E-state index in [-0.39, 0.29) is 0 Å². The van der Waals surface area contributed by atoms with Crippen LogP contribution in [-0.4, -0.2) is 21.8 Å². The van der Waals surface area contributed by atoms with Gasteiger partial charge in [-0.25, -0.2) is 0 Å². The quantitative estimate of drug-likeness (QED) is 0.375. The number of hydrogen-bond donors (Lipinski definition) is 0. The van der Waals surface area contributed by atoms with Crippen LogP contribution in [-0.2, 0) is 0 Å². The van der Waals surface area contributed by atoms with Crippen LogP contribution in [0.5, 0.6) is 0 Å². The van der Waals surface area contributed by atoms with Crippen molar-refractivity contribution in [1.82, 2.24) is 0 Å². The molecule has 0 aromatic carbocycles. The minimum atomic E-state index is 0.908. The Labute approximate surface area is 199 Å². The fourth-order valence-corrected chi connectivity index (χ4v) is 7.94. The predicted octanol–water partition coefficient (Wildman–Crippen LogP) is 8.62. The molecule has 0 aromatic rings. The van der Waals surface area contributed by atoms with Gasteiger partial charge in [-0.3, -0.25) is 0 Å². The van der Waals surface area contributed by atoms with E-state index in [2.05, 4.69) is 20.7 Å². The van der Waals surface area contributed by atoms with E-state index in [0.717, 1.165) is 40.9 Å². The third-order valence-electron chi connectivity index (χ3n) is 10.1. The van der Waals surface area contributed by atoms with Crippen molar-refractivity contribution in [3.05, 3.63) is 0 Å². The zero-order valence-corrected chi connectivity index (χ0v) is 21.9. The first-order chi connectivity index (χ1) is 15.1. The topological polar surface area (TPSA) is 0 Å². The summed E-state index contributed by atoms with van der Waals surface area (Å²) in [5.41, 5.74) is 0. The summed E-state index contributed by atoms with van der Waals surface area (Å²) in [5, 5.41) is 0. The summed E-state index contributed by atoms with van der Waals surface area (Å²) in [5.74, 6) is 7.25. The number of hydrogen-bond acceptors (Lipinski definition) is 0. The lowest BCUT2D eigenvalue weighted by molar-refractivity contribution is 0.297. The summed E-state index contributed by atoms with van der Waals surface area (Å²) >= 11 is 0. The Bertz CT molecular complexity index is 435. The first-order valence-electron chi connectivity index (χ1n) is 15.1. The maximum absolute atomic E-state index is 2.45. The van der Waals surface area contributed by atoms with Crippen LogP contribution >= 0.6 is 0 Å². The van der Waals surface area contributed by atoms with Gasteiger partial charge in [-0.15, -0.1) is 0 Å². The maximum atomic E-state index is 2.45. The van der Waals surface area contributed by atoms with E-state index >= 15 is 0 Å². The molecule has 0 bridgehead atoms. The second-order valence-electron chi connectivity index (χ2n) is 12.8. The molecule has 3 heteroatoms. The molecule has 31 heavy (non-hydrogen) atoms. The predicted molar refractivity (Wildman–Crippen MR) is 147 cm³/mol. The van der Waals surface area contributed by atoms with Crippen molar-refractivity contribution in [2.75, 3.05) is 0 Å². The van der Waals surface area contributed by atoms with Crippen LogP contribution in [0.4, 0.5) is 0 Å². The Morgan fingerprint density at radius 2 is 0.742 bits per heavy atom. The SMILES string of the molecule is CBC1CCCC(BC2CCCC(BC3CCCC(C(C)C)CCC3)CCC2)CCC1. The molecule has 0 saturated heterocycles. The van der Waals surface area contributed by atoms with Crippen LogP contribution in [0.1, 0.15) is 129 Å². The maximum Gasteiger partial charge on any atom is 0.127 e. The average Bonchev–Trinajstić information content (AvgIpc) is 2.68. The highest BCUT2D eigenvalue weighted by atomic mass is 14.2. The minimum Gasteiger partial charge on any atom is -0.0891 e. The Morgan fingerprint density at radius 3 is 1.03 bits per heavy atom. The van der Waals surface area contributed by atoms with Crippen molar-refractivity contribution in [2.24, 2.45) is 11.8 Å². The molecule has 0 spiro atoms. The van der Waals surface area contributed by atoms with Crippen molar-refractivity contribution in [1.29, 1.82) is 0 Å². The molecule has 3 rings (SSSR count). The Hall–Kier alpha value is 0.195. The fourth-order valence-electron chi connectivity index (χ4n) is 7.94. The van der Waals surface area contributed by atoms with Gasteiger partial charge in [-0.2, -0.15) is 0 Å². The molecule has 0 heterocycles. The molecule has 0 aliphatic heterocycles. The van der Waals surface area contributed by atoms with Crippen molar-refractivity contribution < 1.29 is 0 Å². The van der Waals surface area contributed by atoms with Gasteiger partial charge in [0.15, 0.2) is 0 Å². The lowest BCUT2D eigenvalue weighted by Crippen LogP contribution is -2.19. The van der Waals surface area contributed by atoms with E-state index in [0.29, 0.717) is 0 Å². The Morgan fingerprint density at radius 1 is 0.452 bits per heavy atom. The summed E-state index contributed by atoms with van der Waals surface area (Å²) in [6.45, 7) is 7.31. The first-order valence-corrected chi connectivity index (χ1v) is 15.1. The summed E-state index contributed by atoms with van der Waals surface area (Å²) in [7, 11) is 4.59. The first kappa shape index (κ1) is 25.8. The van der Waals surface area contributed by atoms with Crippen LogP contribution < -0.4 is 0 Å². The zero-order valence-electron chi connectivity index (χ0n) is 21.9. The Balaban J connectivity index is 1.34. The normalized spacial score (nSPS) is 36.8. The molecular weight excluding hydrogens is 369 g/mol. The molecule has 3 aliphatic carbocycles. The van der Waals surface area contributed by atoms with Gasteiger partial charge < -0.3 is 0 Å². The van der Waals surface area contributed by atoms with Gasteiger partial charge in [-0.1, -0.05) is 165 Å². The summed E-state index contributed by atoms with van der Waals surface area (Å²) in [6, 6.07) is 0.